The normalized spacial score (nSPS) is 16.5. The number of hydrogen-bond donors (Lipinski definition) is 1. The minimum absolute atomic E-state index is 0.0869. The monoisotopic (exact) mass is 312 g/mol. The van der Waals surface area contributed by atoms with Gasteiger partial charge < -0.3 is 10.1 Å². The van der Waals surface area contributed by atoms with Crippen LogP contribution >= 0.6 is 15.9 Å². The second-order valence-corrected chi connectivity index (χ2v) is 5.89. The number of esters is 1. The number of methoxy groups -OCH3 is 1. The number of carbonyl (C=O) groups excluding carboxylic acids is 1. The summed E-state index contributed by atoms with van der Waals surface area (Å²) in [4.78, 5) is 16.0. The highest BCUT2D eigenvalue weighted by Crippen LogP contribution is 2.45. The lowest BCUT2D eigenvalue weighted by Gasteiger charge is -2.23. The second kappa shape index (κ2) is 4.88. The summed E-state index contributed by atoms with van der Waals surface area (Å²) in [6, 6.07) is 1.73. The maximum atomic E-state index is 11.7. The number of aromatic nitrogens is 1. The number of anilines is 1. The van der Waals surface area contributed by atoms with E-state index in [1.54, 1.807) is 12.3 Å². The Labute approximate surface area is 115 Å². The molecular weight excluding hydrogens is 296 g/mol. The third-order valence-electron chi connectivity index (χ3n) is 3.52. The van der Waals surface area contributed by atoms with E-state index in [0.29, 0.717) is 17.3 Å². The Bertz CT molecular complexity index is 470. The highest BCUT2D eigenvalue weighted by atomic mass is 79.9. The Morgan fingerprint density at radius 3 is 2.72 bits per heavy atom. The first kappa shape index (κ1) is 13.3. The van der Waals surface area contributed by atoms with Crippen LogP contribution in [-0.4, -0.2) is 23.6 Å². The summed E-state index contributed by atoms with van der Waals surface area (Å²) in [7, 11) is 1.38. The van der Waals surface area contributed by atoms with Crippen LogP contribution in [0.1, 0.15) is 37.0 Å². The van der Waals surface area contributed by atoms with Crippen LogP contribution < -0.4 is 5.32 Å². The van der Waals surface area contributed by atoms with Gasteiger partial charge in [-0.1, -0.05) is 13.8 Å². The number of halogens is 1. The van der Waals surface area contributed by atoms with Crippen molar-refractivity contribution < 1.29 is 9.53 Å². The van der Waals surface area contributed by atoms with E-state index in [4.69, 9.17) is 4.74 Å². The fraction of sp³-hybridized carbons (Fsp3) is 0.538. The summed E-state index contributed by atoms with van der Waals surface area (Å²) in [6.45, 7) is 4.35. The maximum absolute atomic E-state index is 11.7. The van der Waals surface area contributed by atoms with E-state index < -0.39 is 0 Å². The second-order valence-electron chi connectivity index (χ2n) is 4.98. The van der Waals surface area contributed by atoms with Gasteiger partial charge in [0.25, 0.3) is 0 Å². The minimum Gasteiger partial charge on any atom is -0.465 e. The Balaban J connectivity index is 2.30. The lowest BCUT2D eigenvalue weighted by molar-refractivity contribution is 0.0601. The van der Waals surface area contributed by atoms with E-state index in [-0.39, 0.29) is 11.5 Å². The molecule has 0 atom stereocenters. The Morgan fingerprint density at radius 1 is 1.56 bits per heavy atom. The molecule has 1 saturated carbocycles. The SMILES string of the molecule is COC(=O)c1cc(Br)cnc1NC1(C(C)C)CC1. The number of rotatable bonds is 4. The summed E-state index contributed by atoms with van der Waals surface area (Å²) in [5.74, 6) is 0.746. The molecule has 1 aromatic heterocycles. The van der Waals surface area contributed by atoms with Crippen molar-refractivity contribution in [1.82, 2.24) is 4.98 Å². The molecule has 1 aliphatic rings. The topological polar surface area (TPSA) is 51.2 Å². The Morgan fingerprint density at radius 2 is 2.22 bits per heavy atom. The molecule has 0 unspecified atom stereocenters. The number of hydrogen-bond acceptors (Lipinski definition) is 4. The smallest absolute Gasteiger partial charge is 0.341 e. The van der Waals surface area contributed by atoms with Gasteiger partial charge in [-0.3, -0.25) is 0 Å². The van der Waals surface area contributed by atoms with Crippen LogP contribution in [0.5, 0.6) is 0 Å². The first-order valence-corrected chi connectivity index (χ1v) is 6.80. The Kier molecular flexibility index (Phi) is 3.61. The van der Waals surface area contributed by atoms with Crippen molar-refractivity contribution >= 4 is 27.7 Å². The van der Waals surface area contributed by atoms with Crippen LogP contribution in [0.15, 0.2) is 16.7 Å². The summed E-state index contributed by atoms with van der Waals surface area (Å²) < 4.78 is 5.55. The zero-order chi connectivity index (χ0) is 13.3. The molecule has 1 heterocycles. The van der Waals surface area contributed by atoms with Crippen LogP contribution in [0.3, 0.4) is 0 Å². The van der Waals surface area contributed by atoms with Crippen molar-refractivity contribution in [2.24, 2.45) is 5.92 Å². The summed E-state index contributed by atoms with van der Waals surface area (Å²) in [5.41, 5.74) is 0.558. The van der Waals surface area contributed by atoms with Crippen LogP contribution in [0.2, 0.25) is 0 Å². The van der Waals surface area contributed by atoms with Gasteiger partial charge in [0, 0.05) is 16.2 Å². The van der Waals surface area contributed by atoms with Gasteiger partial charge >= 0.3 is 5.97 Å². The predicted octanol–water partition coefficient (Wildman–Crippen LogP) is 3.23. The van der Waals surface area contributed by atoms with Crippen molar-refractivity contribution in [3.05, 3.63) is 22.3 Å². The molecule has 0 aromatic carbocycles. The van der Waals surface area contributed by atoms with Crippen LogP contribution in [0, 0.1) is 5.92 Å². The number of nitrogens with one attached hydrogen (secondary N) is 1. The highest BCUT2D eigenvalue weighted by molar-refractivity contribution is 9.10. The van der Waals surface area contributed by atoms with E-state index in [9.17, 15) is 4.79 Å². The van der Waals surface area contributed by atoms with Crippen LogP contribution in [0.4, 0.5) is 5.82 Å². The molecule has 5 heteroatoms. The van der Waals surface area contributed by atoms with Crippen molar-refractivity contribution in [2.75, 3.05) is 12.4 Å². The molecule has 1 fully saturated rings. The standard InChI is InChI=1S/C13H17BrN2O2/c1-8(2)13(4-5-13)16-11-10(12(17)18-3)6-9(14)7-15-11/h6-8H,4-5H2,1-3H3,(H,15,16). The summed E-state index contributed by atoms with van der Waals surface area (Å²) in [6.07, 6.45) is 3.91. The molecule has 4 nitrogen and oxygen atoms in total. The quantitative estimate of drug-likeness (QED) is 0.867. The van der Waals surface area contributed by atoms with Crippen LogP contribution in [0.25, 0.3) is 0 Å². The molecule has 2 rings (SSSR count). The fourth-order valence-corrected chi connectivity index (χ4v) is 2.35. The highest BCUT2D eigenvalue weighted by Gasteiger charge is 2.46. The van der Waals surface area contributed by atoms with Gasteiger partial charge in [-0.25, -0.2) is 9.78 Å². The first-order chi connectivity index (χ1) is 8.48. The zero-order valence-corrected chi connectivity index (χ0v) is 12.4. The number of pyridine rings is 1. The lowest BCUT2D eigenvalue weighted by atomic mass is 10.0. The van der Waals surface area contributed by atoms with Crippen molar-refractivity contribution in [2.45, 2.75) is 32.2 Å². The van der Waals surface area contributed by atoms with Gasteiger partial charge in [-0.15, -0.1) is 0 Å². The maximum Gasteiger partial charge on any atom is 0.341 e. The van der Waals surface area contributed by atoms with Crippen molar-refractivity contribution in [1.29, 1.82) is 0 Å². The van der Waals surface area contributed by atoms with Gasteiger partial charge in [-0.2, -0.15) is 0 Å². The average Bonchev–Trinajstić information content (AvgIpc) is 3.11. The molecule has 0 amide bonds. The van der Waals surface area contributed by atoms with Crippen molar-refractivity contribution in [3.63, 3.8) is 0 Å². The van der Waals surface area contributed by atoms with Gasteiger partial charge in [0.15, 0.2) is 0 Å². The summed E-state index contributed by atoms with van der Waals surface area (Å²) >= 11 is 3.32. The van der Waals surface area contributed by atoms with Crippen molar-refractivity contribution in [3.8, 4) is 0 Å². The molecular formula is C13H17BrN2O2. The fourth-order valence-electron chi connectivity index (χ4n) is 2.02. The van der Waals surface area contributed by atoms with Crippen LogP contribution in [-0.2, 0) is 4.74 Å². The summed E-state index contributed by atoms with van der Waals surface area (Å²) in [5, 5.41) is 3.41. The molecule has 0 bridgehead atoms. The molecule has 98 valence electrons. The average molecular weight is 313 g/mol. The molecule has 0 saturated heterocycles. The molecule has 0 spiro atoms. The van der Waals surface area contributed by atoms with Gasteiger partial charge in [0.2, 0.25) is 0 Å². The third-order valence-corrected chi connectivity index (χ3v) is 3.95. The first-order valence-electron chi connectivity index (χ1n) is 6.00. The van der Waals surface area contributed by atoms with E-state index in [2.05, 4.69) is 40.1 Å². The van der Waals surface area contributed by atoms with E-state index in [0.717, 1.165) is 17.3 Å². The minimum atomic E-state index is -0.370. The molecule has 1 aliphatic carbocycles. The molecule has 0 aliphatic heterocycles. The number of ether oxygens (including phenoxy) is 1. The van der Waals surface area contributed by atoms with E-state index in [1.807, 2.05) is 0 Å². The van der Waals surface area contributed by atoms with Gasteiger partial charge in [-0.05, 0) is 40.8 Å². The number of carbonyl (C=O) groups is 1. The molecule has 18 heavy (non-hydrogen) atoms. The molecule has 1 N–H and O–H groups in total. The van der Waals surface area contributed by atoms with E-state index in [1.165, 1.54) is 7.11 Å². The zero-order valence-electron chi connectivity index (χ0n) is 10.8. The Hall–Kier alpha value is -1.10. The van der Waals surface area contributed by atoms with Gasteiger partial charge in [0.05, 0.1) is 7.11 Å². The molecule has 0 radical (unpaired) electrons. The third kappa shape index (κ3) is 2.51. The lowest BCUT2D eigenvalue weighted by Crippen LogP contribution is -2.29. The largest absolute Gasteiger partial charge is 0.465 e. The number of nitrogens with zero attached hydrogens (tertiary/aromatic N) is 1. The van der Waals surface area contributed by atoms with Gasteiger partial charge in [0.1, 0.15) is 11.4 Å². The molecule has 1 aromatic rings. The predicted molar refractivity (Wildman–Crippen MR) is 73.7 cm³/mol. The van der Waals surface area contributed by atoms with E-state index >= 15 is 0 Å².